The number of halogens is 3. The summed E-state index contributed by atoms with van der Waals surface area (Å²) in [7, 11) is -4.00. The maximum absolute atomic E-state index is 15.0. The Morgan fingerprint density at radius 1 is 0.985 bits per heavy atom. The van der Waals surface area contributed by atoms with Crippen molar-refractivity contribution in [2.24, 2.45) is 17.8 Å². The molecular weight excluding hydrogens is 932 g/mol. The Kier molecular flexibility index (Phi) is 17.3. The number of nitrogens with one attached hydrogen (secondary N) is 3. The van der Waals surface area contributed by atoms with Crippen LogP contribution in [-0.4, -0.2) is 99.4 Å². The number of carbonyl (C=O) groups excluding carboxylic acids is 4. The van der Waals surface area contributed by atoms with Gasteiger partial charge in [-0.2, -0.15) is 13.2 Å². The van der Waals surface area contributed by atoms with E-state index in [1.165, 1.54) is 27.6 Å². The van der Waals surface area contributed by atoms with Crippen molar-refractivity contribution in [3.63, 3.8) is 0 Å². The maximum Gasteiger partial charge on any atom is 0.427 e. The number of alkyl carbamates (subject to hydrolysis) is 1. The molecule has 0 spiro atoms. The highest BCUT2D eigenvalue weighted by Gasteiger charge is 2.62. The summed E-state index contributed by atoms with van der Waals surface area (Å²) >= 11 is 2.85. The SMILES string of the molecule is CC.CC.CC[C@@H]1C[C@H](C)CC/C=C\[C@@H]2C[C@@]2(C(=O)NS(=O)(=O)C2CC2)NC(=O)[C@@H]2C[C@@H](Oc3cc(-c4ncc(C)s4)nc(-c4ncc(C)s4)c3)CN2C(=O)[C@H]1NC(=O)OC(C)(C)C(F)(F)F.[HH].[HH].[HH]. The number of allylic oxidation sites excluding steroid dienone is 1. The first-order chi connectivity index (χ1) is 31.6. The van der Waals surface area contributed by atoms with E-state index in [-0.39, 0.29) is 29.6 Å². The molecule has 67 heavy (non-hydrogen) atoms. The first kappa shape index (κ1) is 53.3. The summed E-state index contributed by atoms with van der Waals surface area (Å²) in [6.45, 7) is 16.8. The summed E-state index contributed by atoms with van der Waals surface area (Å²) in [5, 5.41) is 5.81. The highest BCUT2D eigenvalue weighted by Crippen LogP contribution is 2.46. The average molecular weight is 1000 g/mol. The van der Waals surface area contributed by atoms with Gasteiger partial charge in [0.05, 0.1) is 11.8 Å². The molecule has 3 N–H and O–H groups in total. The van der Waals surface area contributed by atoms with Gasteiger partial charge in [-0.05, 0) is 78.1 Å². The van der Waals surface area contributed by atoms with E-state index >= 15 is 4.79 Å². The van der Waals surface area contributed by atoms with Crippen molar-refractivity contribution in [2.75, 3.05) is 6.54 Å². The molecular formula is C46H70F3N7O8S3. The molecule has 4 amide bonds. The molecule has 2 saturated carbocycles. The number of fused-ring (bicyclic) bond motifs is 2. The third-order valence-electron chi connectivity index (χ3n) is 12.1. The van der Waals surface area contributed by atoms with Crippen LogP contribution in [0.2, 0.25) is 0 Å². The van der Waals surface area contributed by atoms with E-state index in [4.69, 9.17) is 14.5 Å². The van der Waals surface area contributed by atoms with Crippen molar-refractivity contribution in [3.8, 4) is 27.2 Å². The number of alkyl halides is 3. The minimum atomic E-state index is -4.92. The monoisotopic (exact) mass is 1000 g/mol. The molecule has 7 rings (SSSR count). The highest BCUT2D eigenvalue weighted by molar-refractivity contribution is 7.91. The topological polar surface area (TPSA) is 199 Å². The maximum atomic E-state index is 15.0. The molecule has 0 unspecified atom stereocenters. The van der Waals surface area contributed by atoms with Crippen molar-refractivity contribution >= 4 is 56.5 Å². The molecule has 5 heterocycles. The van der Waals surface area contributed by atoms with Crippen LogP contribution in [0, 0.1) is 31.6 Å². The van der Waals surface area contributed by atoms with Gasteiger partial charge < -0.3 is 25.0 Å². The van der Waals surface area contributed by atoms with Gasteiger partial charge in [0.1, 0.15) is 50.9 Å². The second-order valence-corrected chi connectivity index (χ2v) is 22.0. The number of sulfonamides is 1. The fourth-order valence-electron chi connectivity index (χ4n) is 8.09. The number of ether oxygens (including phenoxy) is 2. The average Bonchev–Trinajstić information content (AvgIpc) is 4.09. The van der Waals surface area contributed by atoms with E-state index in [2.05, 4.69) is 25.3 Å². The number of aryl methyl sites for hydroxylation is 2. The molecule has 3 aromatic rings. The number of amides is 4. The number of nitrogens with zero attached hydrogens (tertiary/aromatic N) is 4. The predicted octanol–water partition coefficient (Wildman–Crippen LogP) is 9.41. The zero-order valence-corrected chi connectivity index (χ0v) is 42.2. The molecule has 0 radical (unpaired) electrons. The lowest BCUT2D eigenvalue weighted by Gasteiger charge is -2.35. The van der Waals surface area contributed by atoms with Crippen molar-refractivity contribution < 1.29 is 54.5 Å². The molecule has 1 saturated heterocycles. The first-order valence-electron chi connectivity index (χ1n) is 23.0. The Morgan fingerprint density at radius 2 is 1.58 bits per heavy atom. The van der Waals surface area contributed by atoms with E-state index in [0.717, 1.165) is 9.75 Å². The minimum Gasteiger partial charge on any atom is -0.488 e. The number of hydrogen-bond donors (Lipinski definition) is 3. The van der Waals surface area contributed by atoms with Gasteiger partial charge >= 0.3 is 12.3 Å². The molecule has 376 valence electrons. The molecule has 3 aromatic heterocycles. The zero-order valence-electron chi connectivity index (χ0n) is 39.8. The summed E-state index contributed by atoms with van der Waals surface area (Å²) in [6, 6.07) is 0.628. The van der Waals surface area contributed by atoms with Gasteiger partial charge in [-0.15, -0.1) is 22.7 Å². The van der Waals surface area contributed by atoms with E-state index < -0.39 is 86.4 Å². The van der Waals surface area contributed by atoms with Gasteiger partial charge in [0.15, 0.2) is 0 Å². The number of hydrogen-bond acceptors (Lipinski definition) is 13. The van der Waals surface area contributed by atoms with E-state index in [1.54, 1.807) is 37.5 Å². The van der Waals surface area contributed by atoms with Crippen LogP contribution in [0.4, 0.5) is 18.0 Å². The van der Waals surface area contributed by atoms with Crippen molar-refractivity contribution in [1.29, 1.82) is 0 Å². The van der Waals surface area contributed by atoms with Crippen LogP contribution in [0.1, 0.15) is 121 Å². The highest BCUT2D eigenvalue weighted by atomic mass is 32.2. The van der Waals surface area contributed by atoms with E-state index in [0.29, 0.717) is 79.5 Å². The Hall–Kier alpha value is -4.63. The lowest BCUT2D eigenvalue weighted by molar-refractivity contribution is -0.244. The molecule has 3 fully saturated rings. The third kappa shape index (κ3) is 12.7. The van der Waals surface area contributed by atoms with Crippen LogP contribution in [0.5, 0.6) is 5.75 Å². The largest absolute Gasteiger partial charge is 0.488 e. The van der Waals surface area contributed by atoms with Gasteiger partial charge in [0.25, 0.3) is 5.91 Å². The molecule has 0 aromatic carbocycles. The molecule has 7 atom stereocenters. The van der Waals surface area contributed by atoms with Gasteiger partial charge in [-0.1, -0.05) is 60.1 Å². The summed E-state index contributed by atoms with van der Waals surface area (Å²) < 4.78 is 81.2. The molecule has 21 heteroatoms. The lowest BCUT2D eigenvalue weighted by atomic mass is 9.85. The van der Waals surface area contributed by atoms with E-state index in [9.17, 15) is 36.0 Å². The molecule has 4 aliphatic rings. The number of aromatic nitrogens is 3. The summed E-state index contributed by atoms with van der Waals surface area (Å²) in [5.74, 6) is -3.26. The lowest BCUT2D eigenvalue weighted by Crippen LogP contribution is -2.59. The minimum absolute atomic E-state index is 0. The van der Waals surface area contributed by atoms with Crippen molar-refractivity contribution in [3.05, 3.63) is 46.4 Å². The number of carbonyl (C=O) groups is 4. The summed E-state index contributed by atoms with van der Waals surface area (Å²) in [4.78, 5) is 73.9. The molecule has 2 aliphatic heterocycles. The quantitative estimate of drug-likeness (QED) is 0.164. The fourth-order valence-corrected chi connectivity index (χ4v) is 10.9. The summed E-state index contributed by atoms with van der Waals surface area (Å²) in [5.41, 5.74) is -3.53. The normalized spacial score (nSPS) is 26.1. The van der Waals surface area contributed by atoms with Crippen LogP contribution in [0.15, 0.2) is 36.7 Å². The van der Waals surface area contributed by atoms with Crippen molar-refractivity contribution in [1.82, 2.24) is 35.2 Å². The third-order valence-corrected chi connectivity index (χ3v) is 15.8. The summed E-state index contributed by atoms with van der Waals surface area (Å²) in [6.07, 6.45) is 2.56. The standard InChI is InChI=1S/C42H52F3N7O8S3.2C2H6.3H2/c1-7-25-14-22(2)10-8-9-11-26-18-41(26,38(55)51-63(57,58)29-12-13-29)50-34(53)32-17-28(21-52(32)37(54)33(25)49-39(56)60-40(5,6)42(43,44)45)59-27-15-30(35-46-19-23(3)61-35)48-31(16-27)36-47-20-24(4)62-36;2*1-2;;;/h9,11,15-16,19-20,22,25-26,28-29,32-33H,7-8,10,12-14,17-18,21H2,1-6H3,(H,49,56)(H,50,53)(H,51,55);2*1-2H3;3*1H/b11-9-;;;;;/t22-,25-,26-,28-,32+,33+,41-;;;;;/m1...../s1. The van der Waals surface area contributed by atoms with Gasteiger partial charge in [0, 0.05) is 50.9 Å². The number of rotatable bonds is 10. The van der Waals surface area contributed by atoms with E-state index in [1.807, 2.05) is 54.5 Å². The number of thiazole rings is 2. The van der Waals surface area contributed by atoms with Crippen LogP contribution >= 0.6 is 22.7 Å². The number of pyridine rings is 1. The van der Waals surface area contributed by atoms with Crippen LogP contribution < -0.4 is 20.1 Å². The van der Waals surface area contributed by atoms with Crippen LogP contribution in [-0.2, 0) is 29.1 Å². The predicted molar refractivity (Wildman–Crippen MR) is 258 cm³/mol. The molecule has 15 nitrogen and oxygen atoms in total. The van der Waals surface area contributed by atoms with Crippen LogP contribution in [0.3, 0.4) is 0 Å². The Bertz CT molecular complexity index is 2340. The molecule has 2 aliphatic carbocycles. The van der Waals surface area contributed by atoms with Gasteiger partial charge in [-0.3, -0.25) is 19.1 Å². The smallest absolute Gasteiger partial charge is 0.427 e. The van der Waals surface area contributed by atoms with Crippen LogP contribution in [0.25, 0.3) is 21.4 Å². The van der Waals surface area contributed by atoms with Crippen molar-refractivity contribution in [2.45, 2.75) is 161 Å². The Balaban J connectivity index is 0.00000234. The molecule has 0 bridgehead atoms. The Morgan fingerprint density at radius 3 is 2.10 bits per heavy atom. The fraction of sp³-hybridized carbons (Fsp3) is 0.630. The zero-order chi connectivity index (χ0) is 49.6. The first-order valence-corrected chi connectivity index (χ1v) is 26.2. The second kappa shape index (κ2) is 21.8. The van der Waals surface area contributed by atoms with Gasteiger partial charge in [-0.25, -0.2) is 28.2 Å². The second-order valence-electron chi connectivity index (χ2n) is 17.6. The van der Waals surface area contributed by atoms with Gasteiger partial charge in [0.2, 0.25) is 27.4 Å². The Labute approximate surface area is 404 Å².